The molecule has 1 heterocycles. The van der Waals surface area contributed by atoms with E-state index in [1.54, 1.807) is 11.3 Å². The third-order valence-corrected chi connectivity index (χ3v) is 4.00. The standard InChI is InChI=1S/C10H7IO2S/c11-9-2-8-7(4-13)5-14-10(8)1-6(9)3-12/h1-3,5,13H,4H2. The predicted octanol–water partition coefficient (Wildman–Crippen LogP) is 2.81. The summed E-state index contributed by atoms with van der Waals surface area (Å²) >= 11 is 3.69. The largest absolute Gasteiger partial charge is 0.392 e. The molecule has 0 spiro atoms. The van der Waals surface area contributed by atoms with E-state index >= 15 is 0 Å². The van der Waals surface area contributed by atoms with Crippen molar-refractivity contribution < 1.29 is 9.90 Å². The molecular weight excluding hydrogens is 311 g/mol. The van der Waals surface area contributed by atoms with Gasteiger partial charge in [-0.25, -0.2) is 0 Å². The third kappa shape index (κ3) is 1.57. The Morgan fingerprint density at radius 2 is 2.29 bits per heavy atom. The van der Waals surface area contributed by atoms with E-state index in [4.69, 9.17) is 5.11 Å². The maximum atomic E-state index is 10.7. The zero-order chi connectivity index (χ0) is 10.1. The van der Waals surface area contributed by atoms with E-state index in [0.29, 0.717) is 5.56 Å². The lowest BCUT2D eigenvalue weighted by Crippen LogP contribution is -1.86. The highest BCUT2D eigenvalue weighted by molar-refractivity contribution is 14.1. The van der Waals surface area contributed by atoms with E-state index in [0.717, 1.165) is 25.5 Å². The van der Waals surface area contributed by atoms with Gasteiger partial charge < -0.3 is 5.11 Å². The van der Waals surface area contributed by atoms with Gasteiger partial charge in [0.2, 0.25) is 0 Å². The molecule has 0 atom stereocenters. The maximum Gasteiger partial charge on any atom is 0.151 e. The molecule has 2 aromatic rings. The number of hydrogen-bond donors (Lipinski definition) is 1. The molecule has 0 aliphatic heterocycles. The average molecular weight is 318 g/mol. The molecule has 4 heteroatoms. The Labute approximate surface area is 98.7 Å². The van der Waals surface area contributed by atoms with Gasteiger partial charge in [-0.3, -0.25) is 4.79 Å². The first-order valence-electron chi connectivity index (χ1n) is 4.02. The van der Waals surface area contributed by atoms with Gasteiger partial charge in [-0.05, 0) is 51.1 Å². The summed E-state index contributed by atoms with van der Waals surface area (Å²) < 4.78 is 1.98. The molecule has 72 valence electrons. The summed E-state index contributed by atoms with van der Waals surface area (Å²) in [6, 6.07) is 3.82. The van der Waals surface area contributed by atoms with E-state index in [1.165, 1.54) is 0 Å². The van der Waals surface area contributed by atoms with Gasteiger partial charge in [0.25, 0.3) is 0 Å². The number of carbonyl (C=O) groups excluding carboxylic acids is 1. The van der Waals surface area contributed by atoms with Crippen LogP contribution in [0.5, 0.6) is 0 Å². The first-order valence-corrected chi connectivity index (χ1v) is 5.97. The highest BCUT2D eigenvalue weighted by atomic mass is 127. The molecule has 0 bridgehead atoms. The lowest BCUT2D eigenvalue weighted by atomic mass is 10.1. The van der Waals surface area contributed by atoms with Crippen molar-refractivity contribution in [3.8, 4) is 0 Å². The number of carbonyl (C=O) groups is 1. The highest BCUT2D eigenvalue weighted by Gasteiger charge is 2.06. The minimum absolute atomic E-state index is 0.0521. The fourth-order valence-electron chi connectivity index (χ4n) is 1.33. The Hall–Kier alpha value is -0.460. The average Bonchev–Trinajstić information content (AvgIpc) is 2.58. The smallest absolute Gasteiger partial charge is 0.151 e. The summed E-state index contributed by atoms with van der Waals surface area (Å²) in [5.74, 6) is 0. The molecular formula is C10H7IO2S. The molecule has 2 rings (SSSR count). The number of aliphatic hydroxyl groups is 1. The zero-order valence-corrected chi connectivity index (χ0v) is 10.1. The van der Waals surface area contributed by atoms with Gasteiger partial charge in [-0.15, -0.1) is 11.3 Å². The number of fused-ring (bicyclic) bond motifs is 1. The second-order valence-electron chi connectivity index (χ2n) is 2.91. The van der Waals surface area contributed by atoms with Gasteiger partial charge >= 0.3 is 0 Å². The zero-order valence-electron chi connectivity index (χ0n) is 7.16. The highest BCUT2D eigenvalue weighted by Crippen LogP contribution is 2.29. The number of aldehydes is 1. The van der Waals surface area contributed by atoms with Crippen molar-refractivity contribution in [2.24, 2.45) is 0 Å². The van der Waals surface area contributed by atoms with Crippen LogP contribution in [0.2, 0.25) is 0 Å². The van der Waals surface area contributed by atoms with Crippen molar-refractivity contribution in [2.45, 2.75) is 6.61 Å². The Balaban J connectivity index is 2.75. The van der Waals surface area contributed by atoms with Crippen LogP contribution in [0, 0.1) is 3.57 Å². The number of hydrogen-bond acceptors (Lipinski definition) is 3. The minimum atomic E-state index is 0.0521. The first-order chi connectivity index (χ1) is 6.76. The molecule has 0 amide bonds. The SMILES string of the molecule is O=Cc1cc2scc(CO)c2cc1I. The normalized spacial score (nSPS) is 10.7. The molecule has 0 unspecified atom stereocenters. The van der Waals surface area contributed by atoms with Crippen LogP contribution in [0.1, 0.15) is 15.9 Å². The summed E-state index contributed by atoms with van der Waals surface area (Å²) in [6.07, 6.45) is 0.861. The van der Waals surface area contributed by atoms with E-state index in [2.05, 4.69) is 22.6 Å². The molecule has 0 aliphatic rings. The Morgan fingerprint density at radius 3 is 2.93 bits per heavy atom. The van der Waals surface area contributed by atoms with Gasteiger partial charge in [-0.1, -0.05) is 0 Å². The van der Waals surface area contributed by atoms with Gasteiger partial charge in [0.1, 0.15) is 0 Å². The molecule has 1 aromatic carbocycles. The molecule has 1 N–H and O–H groups in total. The van der Waals surface area contributed by atoms with Crippen molar-refractivity contribution in [1.29, 1.82) is 0 Å². The lowest BCUT2D eigenvalue weighted by Gasteiger charge is -1.98. The first kappa shape index (κ1) is 10.1. The van der Waals surface area contributed by atoms with E-state index < -0.39 is 0 Å². The van der Waals surface area contributed by atoms with Crippen molar-refractivity contribution in [3.63, 3.8) is 0 Å². The molecule has 0 saturated carbocycles. The van der Waals surface area contributed by atoms with Crippen LogP contribution in [0.4, 0.5) is 0 Å². The second-order valence-corrected chi connectivity index (χ2v) is 4.98. The molecule has 1 aromatic heterocycles. The molecule has 2 nitrogen and oxygen atoms in total. The molecule has 0 fully saturated rings. The summed E-state index contributed by atoms with van der Waals surface area (Å²) in [5, 5.41) is 12.1. The Morgan fingerprint density at radius 1 is 1.50 bits per heavy atom. The summed E-state index contributed by atoms with van der Waals surface area (Å²) in [5.41, 5.74) is 1.64. The fourth-order valence-corrected chi connectivity index (χ4v) is 2.91. The van der Waals surface area contributed by atoms with Gasteiger partial charge in [0.05, 0.1) is 6.61 Å². The quantitative estimate of drug-likeness (QED) is 0.683. The van der Waals surface area contributed by atoms with E-state index in [1.807, 2.05) is 17.5 Å². The van der Waals surface area contributed by atoms with Crippen LogP contribution in [-0.4, -0.2) is 11.4 Å². The second kappa shape index (κ2) is 3.96. The van der Waals surface area contributed by atoms with Gasteiger partial charge in [0, 0.05) is 13.8 Å². The lowest BCUT2D eigenvalue weighted by molar-refractivity contribution is 0.112. The van der Waals surface area contributed by atoms with Crippen molar-refractivity contribution in [1.82, 2.24) is 0 Å². The molecule has 0 radical (unpaired) electrons. The van der Waals surface area contributed by atoms with Gasteiger partial charge in [0.15, 0.2) is 6.29 Å². The van der Waals surface area contributed by atoms with Crippen molar-refractivity contribution >= 4 is 50.3 Å². The Bertz CT molecular complexity index is 490. The van der Waals surface area contributed by atoms with Crippen LogP contribution in [0.15, 0.2) is 17.5 Å². The molecule has 14 heavy (non-hydrogen) atoms. The maximum absolute atomic E-state index is 10.7. The number of rotatable bonds is 2. The number of aliphatic hydroxyl groups excluding tert-OH is 1. The number of halogens is 1. The number of benzene rings is 1. The summed E-state index contributed by atoms with van der Waals surface area (Å²) in [7, 11) is 0. The minimum Gasteiger partial charge on any atom is -0.392 e. The fraction of sp³-hybridized carbons (Fsp3) is 0.100. The van der Waals surface area contributed by atoms with Crippen LogP contribution in [0.25, 0.3) is 10.1 Å². The van der Waals surface area contributed by atoms with Crippen LogP contribution in [-0.2, 0) is 6.61 Å². The topological polar surface area (TPSA) is 37.3 Å². The van der Waals surface area contributed by atoms with Crippen LogP contribution in [0.3, 0.4) is 0 Å². The summed E-state index contributed by atoms with van der Waals surface area (Å²) in [6.45, 7) is 0.0521. The molecule has 0 saturated heterocycles. The Kier molecular flexibility index (Phi) is 2.85. The van der Waals surface area contributed by atoms with Crippen molar-refractivity contribution in [2.75, 3.05) is 0 Å². The third-order valence-electron chi connectivity index (χ3n) is 2.07. The monoisotopic (exact) mass is 318 g/mol. The number of thiophene rings is 1. The predicted molar refractivity (Wildman–Crippen MR) is 65.9 cm³/mol. The summed E-state index contributed by atoms with van der Waals surface area (Å²) in [4.78, 5) is 10.7. The van der Waals surface area contributed by atoms with Crippen molar-refractivity contribution in [3.05, 3.63) is 32.2 Å². The van der Waals surface area contributed by atoms with Crippen LogP contribution >= 0.6 is 33.9 Å². The van der Waals surface area contributed by atoms with E-state index in [9.17, 15) is 4.79 Å². The van der Waals surface area contributed by atoms with E-state index in [-0.39, 0.29) is 6.61 Å². The van der Waals surface area contributed by atoms with Crippen LogP contribution < -0.4 is 0 Å². The molecule has 0 aliphatic carbocycles. The van der Waals surface area contributed by atoms with Gasteiger partial charge in [-0.2, -0.15) is 0 Å².